The summed E-state index contributed by atoms with van der Waals surface area (Å²) in [7, 11) is 0. The van der Waals surface area contributed by atoms with E-state index in [0.717, 1.165) is 18.5 Å². The van der Waals surface area contributed by atoms with Gasteiger partial charge in [-0.15, -0.1) is 0 Å². The lowest BCUT2D eigenvalue weighted by Gasteiger charge is -2.24. The van der Waals surface area contributed by atoms with E-state index in [-0.39, 0.29) is 6.03 Å². The third kappa shape index (κ3) is 2.05. The van der Waals surface area contributed by atoms with Gasteiger partial charge in [-0.05, 0) is 17.9 Å². The Balaban J connectivity index is 1.56. The quantitative estimate of drug-likeness (QED) is 0.773. The zero-order chi connectivity index (χ0) is 11.7. The van der Waals surface area contributed by atoms with Crippen LogP contribution in [0.5, 0.6) is 0 Å². The Morgan fingerprint density at radius 1 is 1.29 bits per heavy atom. The highest BCUT2D eigenvalue weighted by atomic mass is 16.2. The number of carbonyl (C=O) groups excluding carboxylic acids is 1. The minimum atomic E-state index is 0.0608. The third-order valence-corrected chi connectivity index (χ3v) is 3.53. The molecule has 1 aromatic rings. The van der Waals surface area contributed by atoms with Crippen LogP contribution < -0.4 is 5.32 Å². The highest BCUT2D eigenvalue weighted by Crippen LogP contribution is 2.31. The molecule has 1 aliphatic carbocycles. The van der Waals surface area contributed by atoms with Gasteiger partial charge in [0.25, 0.3) is 0 Å². The zero-order valence-corrected chi connectivity index (χ0v) is 9.67. The second-order valence-corrected chi connectivity index (χ2v) is 4.74. The van der Waals surface area contributed by atoms with E-state index in [0.29, 0.717) is 18.5 Å². The molecule has 3 rings (SSSR count). The van der Waals surface area contributed by atoms with Gasteiger partial charge in [0, 0.05) is 13.1 Å². The van der Waals surface area contributed by atoms with Gasteiger partial charge in [0.05, 0.1) is 6.04 Å². The van der Waals surface area contributed by atoms with E-state index in [1.54, 1.807) is 0 Å². The molecule has 2 bridgehead atoms. The summed E-state index contributed by atoms with van der Waals surface area (Å²) < 4.78 is 0. The first kappa shape index (κ1) is 10.4. The van der Waals surface area contributed by atoms with Gasteiger partial charge in [0.2, 0.25) is 0 Å². The third-order valence-electron chi connectivity index (χ3n) is 3.53. The van der Waals surface area contributed by atoms with Crippen LogP contribution in [0.25, 0.3) is 0 Å². The Morgan fingerprint density at radius 3 is 2.76 bits per heavy atom. The fourth-order valence-electron chi connectivity index (χ4n) is 2.62. The SMILES string of the molecule is O=C(NCc1ccccc1)N1CC2C=CC1C2. The number of nitrogens with zero attached hydrogens (tertiary/aromatic N) is 1. The first-order valence-electron chi connectivity index (χ1n) is 6.09. The molecule has 0 aromatic heterocycles. The number of amides is 2. The molecular formula is C14H16N2O. The Kier molecular flexibility index (Phi) is 2.59. The number of benzene rings is 1. The van der Waals surface area contributed by atoms with Gasteiger partial charge in [0.1, 0.15) is 0 Å². The van der Waals surface area contributed by atoms with Crippen molar-refractivity contribution in [3.05, 3.63) is 48.0 Å². The molecule has 2 aliphatic rings. The summed E-state index contributed by atoms with van der Waals surface area (Å²) in [6, 6.07) is 10.4. The molecule has 1 saturated heterocycles. The number of nitrogens with one attached hydrogen (secondary N) is 1. The lowest BCUT2D eigenvalue weighted by molar-refractivity contribution is 0.198. The topological polar surface area (TPSA) is 32.3 Å². The molecule has 3 heteroatoms. The maximum atomic E-state index is 12.0. The second kappa shape index (κ2) is 4.24. The fraction of sp³-hybridized carbons (Fsp3) is 0.357. The Morgan fingerprint density at radius 2 is 2.12 bits per heavy atom. The van der Waals surface area contributed by atoms with Gasteiger partial charge in [-0.3, -0.25) is 0 Å². The maximum absolute atomic E-state index is 12.0. The zero-order valence-electron chi connectivity index (χ0n) is 9.67. The van der Waals surface area contributed by atoms with Crippen LogP contribution in [0.1, 0.15) is 12.0 Å². The molecule has 0 saturated carbocycles. The Hall–Kier alpha value is -1.77. The van der Waals surface area contributed by atoms with Crippen molar-refractivity contribution in [3.63, 3.8) is 0 Å². The van der Waals surface area contributed by atoms with Crippen LogP contribution in [-0.4, -0.2) is 23.5 Å². The van der Waals surface area contributed by atoms with Crippen LogP contribution in [0.4, 0.5) is 4.79 Å². The average Bonchev–Trinajstić information content (AvgIpc) is 2.99. The van der Waals surface area contributed by atoms with Gasteiger partial charge < -0.3 is 10.2 Å². The normalized spacial score (nSPS) is 25.3. The molecular weight excluding hydrogens is 212 g/mol. The highest BCUT2D eigenvalue weighted by Gasteiger charge is 2.36. The fourth-order valence-corrected chi connectivity index (χ4v) is 2.62. The molecule has 88 valence electrons. The number of likely N-dealkylation sites (tertiary alicyclic amines) is 1. The van der Waals surface area contributed by atoms with Crippen molar-refractivity contribution >= 4 is 6.03 Å². The van der Waals surface area contributed by atoms with Crippen LogP contribution in [0, 0.1) is 5.92 Å². The van der Waals surface area contributed by atoms with Gasteiger partial charge in [-0.1, -0.05) is 42.5 Å². The van der Waals surface area contributed by atoms with Crippen molar-refractivity contribution in [2.24, 2.45) is 5.92 Å². The van der Waals surface area contributed by atoms with Crippen LogP contribution >= 0.6 is 0 Å². The standard InChI is InChI=1S/C14H16N2O/c17-14(15-9-11-4-2-1-3-5-11)16-10-12-6-7-13(16)8-12/h1-7,12-13H,8-10H2,(H,15,17). The molecule has 1 aromatic carbocycles. The maximum Gasteiger partial charge on any atom is 0.318 e. The molecule has 2 atom stereocenters. The van der Waals surface area contributed by atoms with Crippen molar-refractivity contribution in [1.29, 1.82) is 0 Å². The summed E-state index contributed by atoms with van der Waals surface area (Å²) in [5.74, 6) is 0.586. The summed E-state index contributed by atoms with van der Waals surface area (Å²) in [6.45, 7) is 1.49. The van der Waals surface area contributed by atoms with E-state index < -0.39 is 0 Å². The van der Waals surface area contributed by atoms with E-state index in [4.69, 9.17) is 0 Å². The van der Waals surface area contributed by atoms with Crippen LogP contribution in [0.2, 0.25) is 0 Å². The molecule has 17 heavy (non-hydrogen) atoms. The number of hydrogen-bond donors (Lipinski definition) is 1. The highest BCUT2D eigenvalue weighted by molar-refractivity contribution is 5.75. The minimum absolute atomic E-state index is 0.0608. The van der Waals surface area contributed by atoms with E-state index in [1.807, 2.05) is 35.2 Å². The van der Waals surface area contributed by atoms with E-state index in [2.05, 4.69) is 17.5 Å². The smallest absolute Gasteiger partial charge is 0.318 e. The van der Waals surface area contributed by atoms with Crippen molar-refractivity contribution in [1.82, 2.24) is 10.2 Å². The average molecular weight is 228 g/mol. The predicted octanol–water partition coefficient (Wildman–Crippen LogP) is 2.16. The number of rotatable bonds is 2. The number of urea groups is 1. The minimum Gasteiger partial charge on any atom is -0.334 e. The second-order valence-electron chi connectivity index (χ2n) is 4.74. The lowest BCUT2D eigenvalue weighted by Crippen LogP contribution is -2.42. The van der Waals surface area contributed by atoms with E-state index in [9.17, 15) is 4.79 Å². The first-order valence-corrected chi connectivity index (χ1v) is 6.09. The summed E-state index contributed by atoms with van der Waals surface area (Å²) in [6.07, 6.45) is 5.49. The van der Waals surface area contributed by atoms with Crippen molar-refractivity contribution < 1.29 is 4.79 Å². The molecule has 0 radical (unpaired) electrons. The molecule has 2 unspecified atom stereocenters. The first-order chi connectivity index (χ1) is 8.33. The molecule has 3 nitrogen and oxygen atoms in total. The monoisotopic (exact) mass is 228 g/mol. The predicted molar refractivity (Wildman–Crippen MR) is 66.4 cm³/mol. The number of carbonyl (C=O) groups is 1. The summed E-state index contributed by atoms with van der Waals surface area (Å²) >= 11 is 0. The Bertz CT molecular complexity index is 441. The molecule has 1 aliphatic heterocycles. The van der Waals surface area contributed by atoms with Crippen LogP contribution in [-0.2, 0) is 6.54 Å². The van der Waals surface area contributed by atoms with Crippen molar-refractivity contribution in [2.75, 3.05) is 6.54 Å². The Labute approximate surface area is 101 Å². The van der Waals surface area contributed by atoms with Crippen LogP contribution in [0.15, 0.2) is 42.5 Å². The molecule has 2 amide bonds. The van der Waals surface area contributed by atoms with Gasteiger partial charge in [0.15, 0.2) is 0 Å². The van der Waals surface area contributed by atoms with Crippen LogP contribution in [0.3, 0.4) is 0 Å². The molecule has 1 fully saturated rings. The molecule has 1 N–H and O–H groups in total. The summed E-state index contributed by atoms with van der Waals surface area (Å²) in [5.41, 5.74) is 1.14. The van der Waals surface area contributed by atoms with Gasteiger partial charge in [-0.2, -0.15) is 0 Å². The van der Waals surface area contributed by atoms with Gasteiger partial charge in [-0.25, -0.2) is 4.79 Å². The molecule has 0 spiro atoms. The number of hydrogen-bond acceptors (Lipinski definition) is 1. The summed E-state index contributed by atoms with van der Waals surface area (Å²) in [5, 5.41) is 2.98. The molecule has 1 heterocycles. The lowest BCUT2D eigenvalue weighted by atomic mass is 10.2. The van der Waals surface area contributed by atoms with Gasteiger partial charge >= 0.3 is 6.03 Å². The summed E-state index contributed by atoms with van der Waals surface area (Å²) in [4.78, 5) is 13.9. The van der Waals surface area contributed by atoms with Crippen molar-refractivity contribution in [3.8, 4) is 0 Å². The number of fused-ring (bicyclic) bond motifs is 2. The van der Waals surface area contributed by atoms with Crippen molar-refractivity contribution in [2.45, 2.75) is 19.0 Å². The van der Waals surface area contributed by atoms with E-state index in [1.165, 1.54) is 0 Å². The van der Waals surface area contributed by atoms with E-state index >= 15 is 0 Å². The largest absolute Gasteiger partial charge is 0.334 e.